The Balaban J connectivity index is 2.06. The maximum atomic E-state index is 11.4. The molecule has 0 spiro atoms. The maximum absolute atomic E-state index is 11.4. The molecule has 19 heavy (non-hydrogen) atoms. The number of H-pyrrole nitrogens is 1. The molecule has 0 fully saturated rings. The summed E-state index contributed by atoms with van der Waals surface area (Å²) in [5.41, 5.74) is 0.779. The Morgan fingerprint density at radius 2 is 2.11 bits per heavy atom. The van der Waals surface area contributed by atoms with Crippen molar-refractivity contribution in [3.05, 3.63) is 50.4 Å². The predicted molar refractivity (Wildman–Crippen MR) is 71.2 cm³/mol. The van der Waals surface area contributed by atoms with Crippen molar-refractivity contribution in [2.24, 2.45) is 0 Å². The van der Waals surface area contributed by atoms with Gasteiger partial charge in [0.05, 0.1) is 4.92 Å². The van der Waals surface area contributed by atoms with Crippen LogP contribution in [0.25, 0.3) is 0 Å². The molecule has 0 bridgehead atoms. The Hall–Kier alpha value is -2.09. The molecule has 2 aromatic rings. The minimum Gasteiger partial charge on any atom is -0.270 e. The zero-order chi connectivity index (χ0) is 13.8. The van der Waals surface area contributed by atoms with Crippen LogP contribution in [0.2, 0.25) is 0 Å². The van der Waals surface area contributed by atoms with Gasteiger partial charge < -0.3 is 0 Å². The second-order valence-electron chi connectivity index (χ2n) is 3.77. The third-order valence-corrected chi connectivity index (χ3v) is 3.60. The highest BCUT2D eigenvalue weighted by atomic mass is 32.2. The monoisotopic (exact) mass is 280 g/mol. The van der Waals surface area contributed by atoms with E-state index in [9.17, 15) is 14.9 Å². The molecule has 0 radical (unpaired) electrons. The van der Waals surface area contributed by atoms with Crippen LogP contribution in [-0.2, 0) is 12.3 Å². The number of nitrogens with one attached hydrogen (secondary N) is 1. The number of nitro benzene ring substituents is 1. The quantitative estimate of drug-likeness (QED) is 0.512. The maximum Gasteiger partial charge on any atom is 0.343 e. The van der Waals surface area contributed by atoms with E-state index in [1.165, 1.54) is 28.5 Å². The van der Waals surface area contributed by atoms with Gasteiger partial charge in [-0.1, -0.05) is 23.9 Å². The molecule has 0 aliphatic carbocycles. The standard InChI is InChI=1S/C11H12N4O3S/c1-2-14-10(16)12-13-11(14)19-7-8-3-5-9(6-4-8)15(17)18/h3-6H,2,7H2,1H3,(H,12,16). The molecule has 0 aliphatic heterocycles. The summed E-state index contributed by atoms with van der Waals surface area (Å²) in [5, 5.41) is 17.5. The van der Waals surface area contributed by atoms with Crippen LogP contribution >= 0.6 is 11.8 Å². The van der Waals surface area contributed by atoms with E-state index in [1.54, 1.807) is 12.1 Å². The fourth-order valence-corrected chi connectivity index (χ4v) is 2.52. The van der Waals surface area contributed by atoms with E-state index < -0.39 is 4.92 Å². The van der Waals surface area contributed by atoms with Gasteiger partial charge in [0.2, 0.25) is 0 Å². The van der Waals surface area contributed by atoms with Crippen LogP contribution in [-0.4, -0.2) is 19.7 Å². The second kappa shape index (κ2) is 5.70. The topological polar surface area (TPSA) is 93.8 Å². The first kappa shape index (κ1) is 13.3. The van der Waals surface area contributed by atoms with Gasteiger partial charge in [0, 0.05) is 24.4 Å². The molecule has 0 amide bonds. The third-order valence-electron chi connectivity index (χ3n) is 2.55. The summed E-state index contributed by atoms with van der Waals surface area (Å²) in [6.45, 7) is 2.42. The normalized spacial score (nSPS) is 10.6. The summed E-state index contributed by atoms with van der Waals surface area (Å²) >= 11 is 1.41. The van der Waals surface area contributed by atoms with Crippen LogP contribution in [0, 0.1) is 10.1 Å². The number of benzene rings is 1. The molecule has 100 valence electrons. The number of nitrogens with zero attached hydrogens (tertiary/aromatic N) is 3. The van der Waals surface area contributed by atoms with Gasteiger partial charge in [0.15, 0.2) is 5.16 Å². The number of nitro groups is 1. The lowest BCUT2D eigenvalue weighted by molar-refractivity contribution is -0.384. The fraction of sp³-hybridized carbons (Fsp3) is 0.273. The number of hydrogen-bond donors (Lipinski definition) is 1. The number of non-ortho nitro benzene ring substituents is 1. The first-order valence-electron chi connectivity index (χ1n) is 5.63. The van der Waals surface area contributed by atoms with E-state index in [-0.39, 0.29) is 11.4 Å². The largest absolute Gasteiger partial charge is 0.343 e. The van der Waals surface area contributed by atoms with E-state index >= 15 is 0 Å². The number of aromatic nitrogens is 3. The van der Waals surface area contributed by atoms with Gasteiger partial charge in [-0.3, -0.25) is 14.7 Å². The minimum atomic E-state index is -0.431. The first-order chi connectivity index (χ1) is 9.11. The number of hydrogen-bond acceptors (Lipinski definition) is 5. The summed E-state index contributed by atoms with van der Waals surface area (Å²) in [7, 11) is 0. The highest BCUT2D eigenvalue weighted by molar-refractivity contribution is 7.98. The van der Waals surface area contributed by atoms with Crippen molar-refractivity contribution in [3.63, 3.8) is 0 Å². The molecule has 1 N–H and O–H groups in total. The lowest BCUT2D eigenvalue weighted by Gasteiger charge is -2.02. The molecular weight excluding hydrogens is 268 g/mol. The average molecular weight is 280 g/mol. The van der Waals surface area contributed by atoms with Crippen LogP contribution in [0.1, 0.15) is 12.5 Å². The molecule has 1 aromatic carbocycles. The molecule has 0 aliphatic rings. The molecule has 0 atom stereocenters. The lowest BCUT2D eigenvalue weighted by Crippen LogP contribution is -2.16. The number of thioether (sulfide) groups is 1. The van der Waals surface area contributed by atoms with E-state index in [4.69, 9.17) is 0 Å². The van der Waals surface area contributed by atoms with Gasteiger partial charge in [-0.25, -0.2) is 9.89 Å². The number of rotatable bonds is 5. The molecular formula is C11H12N4O3S. The Morgan fingerprint density at radius 1 is 1.42 bits per heavy atom. The Labute approximate surface area is 112 Å². The van der Waals surface area contributed by atoms with Crippen LogP contribution in [0.5, 0.6) is 0 Å². The van der Waals surface area contributed by atoms with E-state index in [0.29, 0.717) is 17.5 Å². The second-order valence-corrected chi connectivity index (χ2v) is 4.71. The molecule has 0 saturated carbocycles. The van der Waals surface area contributed by atoms with Crippen molar-refractivity contribution in [2.45, 2.75) is 24.4 Å². The van der Waals surface area contributed by atoms with Gasteiger partial charge in [-0.05, 0) is 12.5 Å². The van der Waals surface area contributed by atoms with Gasteiger partial charge >= 0.3 is 5.69 Å². The van der Waals surface area contributed by atoms with E-state index in [0.717, 1.165) is 5.56 Å². The molecule has 2 rings (SSSR count). The molecule has 8 heteroatoms. The first-order valence-corrected chi connectivity index (χ1v) is 6.61. The minimum absolute atomic E-state index is 0.0685. The van der Waals surface area contributed by atoms with Crippen molar-refractivity contribution in [1.82, 2.24) is 14.8 Å². The zero-order valence-electron chi connectivity index (χ0n) is 10.2. The van der Waals surface area contributed by atoms with Gasteiger partial charge in [0.1, 0.15) is 0 Å². The molecule has 0 unspecified atom stereocenters. The smallest absolute Gasteiger partial charge is 0.270 e. The Kier molecular flexibility index (Phi) is 4.00. The third kappa shape index (κ3) is 3.02. The average Bonchev–Trinajstić information content (AvgIpc) is 2.77. The SMILES string of the molecule is CCn1c(SCc2ccc([N+](=O)[O-])cc2)n[nH]c1=O. The van der Waals surface area contributed by atoms with Crippen LogP contribution in [0.3, 0.4) is 0 Å². The number of aromatic amines is 1. The van der Waals surface area contributed by atoms with Crippen LogP contribution in [0.15, 0.2) is 34.2 Å². The van der Waals surface area contributed by atoms with Gasteiger partial charge in [-0.15, -0.1) is 5.10 Å². The van der Waals surface area contributed by atoms with Crippen molar-refractivity contribution in [1.29, 1.82) is 0 Å². The van der Waals surface area contributed by atoms with Crippen LogP contribution in [0.4, 0.5) is 5.69 Å². The van der Waals surface area contributed by atoms with Gasteiger partial charge in [0.25, 0.3) is 5.69 Å². The summed E-state index contributed by atoms with van der Waals surface area (Å²) in [6, 6.07) is 6.33. The van der Waals surface area contributed by atoms with E-state index in [1.807, 2.05) is 6.92 Å². The summed E-state index contributed by atoms with van der Waals surface area (Å²) in [6.07, 6.45) is 0. The van der Waals surface area contributed by atoms with Gasteiger partial charge in [-0.2, -0.15) is 0 Å². The zero-order valence-corrected chi connectivity index (χ0v) is 11.0. The van der Waals surface area contributed by atoms with Crippen molar-refractivity contribution >= 4 is 17.4 Å². The molecule has 7 nitrogen and oxygen atoms in total. The Morgan fingerprint density at radius 3 is 2.68 bits per heavy atom. The predicted octanol–water partition coefficient (Wildman–Crippen LogP) is 1.79. The molecule has 0 saturated heterocycles. The van der Waals surface area contributed by atoms with Crippen molar-refractivity contribution in [2.75, 3.05) is 0 Å². The molecule has 1 heterocycles. The fourth-order valence-electron chi connectivity index (χ4n) is 1.55. The highest BCUT2D eigenvalue weighted by Gasteiger charge is 2.08. The summed E-state index contributed by atoms with van der Waals surface area (Å²) in [5.74, 6) is 0.599. The molecule has 1 aromatic heterocycles. The van der Waals surface area contributed by atoms with E-state index in [2.05, 4.69) is 10.2 Å². The highest BCUT2D eigenvalue weighted by Crippen LogP contribution is 2.21. The lowest BCUT2D eigenvalue weighted by atomic mass is 10.2. The summed E-state index contributed by atoms with van der Waals surface area (Å²) < 4.78 is 1.54. The van der Waals surface area contributed by atoms with Crippen molar-refractivity contribution in [3.8, 4) is 0 Å². The van der Waals surface area contributed by atoms with Crippen molar-refractivity contribution < 1.29 is 4.92 Å². The Bertz CT molecular complexity index is 632. The van der Waals surface area contributed by atoms with Crippen LogP contribution < -0.4 is 5.69 Å². The summed E-state index contributed by atoms with van der Waals surface area (Å²) in [4.78, 5) is 21.5.